The molecule has 1 atom stereocenters. The lowest BCUT2D eigenvalue weighted by Crippen LogP contribution is -2.16. The maximum atomic E-state index is 12.8. The molecule has 1 aromatic carbocycles. The SMILES string of the molecule is CCCC(=O)C(Br)Cc1ccc(F)cc1Cl. The minimum atomic E-state index is -0.361. The second-order valence-corrected chi connectivity index (χ2v) is 5.14. The Hall–Kier alpha value is -0.410. The summed E-state index contributed by atoms with van der Waals surface area (Å²) in [6.45, 7) is 1.96. The Morgan fingerprint density at radius 2 is 2.25 bits per heavy atom. The second kappa shape index (κ2) is 6.36. The highest BCUT2D eigenvalue weighted by Crippen LogP contribution is 2.21. The summed E-state index contributed by atoms with van der Waals surface area (Å²) < 4.78 is 12.8. The lowest BCUT2D eigenvalue weighted by atomic mass is 10.1. The second-order valence-electron chi connectivity index (χ2n) is 3.62. The smallest absolute Gasteiger partial charge is 0.146 e. The van der Waals surface area contributed by atoms with Crippen molar-refractivity contribution in [1.82, 2.24) is 0 Å². The molecule has 0 heterocycles. The molecule has 0 amide bonds. The van der Waals surface area contributed by atoms with Crippen LogP contribution in [0.2, 0.25) is 5.02 Å². The third kappa shape index (κ3) is 3.87. The van der Waals surface area contributed by atoms with E-state index in [0.29, 0.717) is 17.9 Å². The first-order valence-electron chi connectivity index (χ1n) is 5.15. The van der Waals surface area contributed by atoms with E-state index in [0.717, 1.165) is 12.0 Å². The summed E-state index contributed by atoms with van der Waals surface area (Å²) in [6, 6.07) is 4.23. The molecule has 0 fully saturated rings. The predicted octanol–water partition coefficient (Wildman–Crippen LogP) is 4.15. The van der Waals surface area contributed by atoms with Gasteiger partial charge in [-0.15, -0.1) is 0 Å². The van der Waals surface area contributed by atoms with Crippen LogP contribution in [-0.2, 0) is 11.2 Å². The van der Waals surface area contributed by atoms with Crippen LogP contribution in [0.4, 0.5) is 4.39 Å². The van der Waals surface area contributed by atoms with Crippen LogP contribution < -0.4 is 0 Å². The zero-order valence-corrected chi connectivity index (χ0v) is 11.3. The number of hydrogen-bond acceptors (Lipinski definition) is 1. The molecule has 16 heavy (non-hydrogen) atoms. The molecule has 0 aliphatic heterocycles. The summed E-state index contributed by atoms with van der Waals surface area (Å²) in [5, 5.41) is 0.369. The van der Waals surface area contributed by atoms with E-state index < -0.39 is 0 Å². The van der Waals surface area contributed by atoms with E-state index in [1.165, 1.54) is 12.1 Å². The zero-order valence-electron chi connectivity index (χ0n) is 8.97. The third-order valence-corrected chi connectivity index (χ3v) is 3.45. The average molecular weight is 308 g/mol. The molecule has 1 nitrogen and oxygen atoms in total. The Kier molecular flexibility index (Phi) is 5.42. The summed E-state index contributed by atoms with van der Waals surface area (Å²) in [7, 11) is 0. The van der Waals surface area contributed by atoms with Gasteiger partial charge in [0.05, 0.1) is 4.83 Å². The highest BCUT2D eigenvalue weighted by molar-refractivity contribution is 9.10. The molecule has 0 spiro atoms. The van der Waals surface area contributed by atoms with Gasteiger partial charge < -0.3 is 0 Å². The van der Waals surface area contributed by atoms with Crippen LogP contribution in [0, 0.1) is 5.82 Å². The highest BCUT2D eigenvalue weighted by atomic mass is 79.9. The van der Waals surface area contributed by atoms with Crippen molar-refractivity contribution in [1.29, 1.82) is 0 Å². The van der Waals surface area contributed by atoms with Crippen LogP contribution in [0.15, 0.2) is 18.2 Å². The van der Waals surface area contributed by atoms with E-state index in [1.54, 1.807) is 6.07 Å². The van der Waals surface area contributed by atoms with Crippen molar-refractivity contribution >= 4 is 33.3 Å². The number of hydrogen-bond donors (Lipinski definition) is 0. The van der Waals surface area contributed by atoms with Crippen LogP contribution in [0.5, 0.6) is 0 Å². The molecule has 1 rings (SSSR count). The Labute approximate surface area is 108 Å². The summed E-state index contributed by atoms with van der Waals surface area (Å²) in [5.74, 6) is -0.206. The number of carbonyl (C=O) groups is 1. The number of halogens is 3. The first-order valence-corrected chi connectivity index (χ1v) is 6.44. The summed E-state index contributed by atoms with van der Waals surface area (Å²) in [4.78, 5) is 11.3. The van der Waals surface area contributed by atoms with Gasteiger partial charge in [-0.3, -0.25) is 4.79 Å². The molecule has 1 unspecified atom stereocenters. The number of rotatable bonds is 5. The molecule has 0 saturated carbocycles. The van der Waals surface area contributed by atoms with Crippen LogP contribution in [0.1, 0.15) is 25.3 Å². The molecule has 4 heteroatoms. The topological polar surface area (TPSA) is 17.1 Å². The zero-order chi connectivity index (χ0) is 12.1. The minimum absolute atomic E-state index is 0.155. The molecule has 0 bridgehead atoms. The fourth-order valence-corrected chi connectivity index (χ4v) is 2.22. The Bertz CT molecular complexity index is 381. The molecule has 0 aromatic heterocycles. The van der Waals surface area contributed by atoms with Gasteiger partial charge in [0.1, 0.15) is 11.6 Å². The third-order valence-electron chi connectivity index (χ3n) is 2.26. The Morgan fingerprint density at radius 1 is 1.56 bits per heavy atom. The number of Topliss-reactive ketones (excluding diaryl/α,β-unsaturated/α-hetero) is 1. The van der Waals surface area contributed by atoms with E-state index >= 15 is 0 Å². The fourth-order valence-electron chi connectivity index (χ4n) is 1.40. The van der Waals surface area contributed by atoms with Crippen LogP contribution >= 0.6 is 27.5 Å². The van der Waals surface area contributed by atoms with E-state index in [2.05, 4.69) is 15.9 Å². The molecular formula is C12H13BrClFO. The van der Waals surface area contributed by atoms with Gasteiger partial charge in [0, 0.05) is 11.4 Å². The van der Waals surface area contributed by atoms with Gasteiger partial charge in [0.25, 0.3) is 0 Å². The van der Waals surface area contributed by atoms with Gasteiger partial charge in [-0.2, -0.15) is 0 Å². The Morgan fingerprint density at radius 3 is 2.81 bits per heavy atom. The summed E-state index contributed by atoms with van der Waals surface area (Å²) >= 11 is 9.21. The standard InChI is InChI=1S/C12H13BrClFO/c1-2-3-12(16)10(13)6-8-4-5-9(15)7-11(8)14/h4-5,7,10H,2-3,6H2,1H3. The molecular weight excluding hydrogens is 294 g/mol. The van der Waals surface area contributed by atoms with Gasteiger partial charge >= 0.3 is 0 Å². The van der Waals surface area contributed by atoms with Gasteiger partial charge in [-0.05, 0) is 30.5 Å². The van der Waals surface area contributed by atoms with Gasteiger partial charge in [0.15, 0.2) is 0 Å². The van der Waals surface area contributed by atoms with Crippen molar-refractivity contribution in [3.63, 3.8) is 0 Å². The summed E-state index contributed by atoms with van der Waals surface area (Å²) in [5.41, 5.74) is 0.786. The largest absolute Gasteiger partial charge is 0.298 e. The van der Waals surface area contributed by atoms with Crippen LogP contribution in [0.3, 0.4) is 0 Å². The lowest BCUT2D eigenvalue weighted by Gasteiger charge is -2.09. The Balaban J connectivity index is 2.69. The summed E-state index contributed by atoms with van der Waals surface area (Å²) in [6.07, 6.45) is 1.88. The van der Waals surface area contributed by atoms with E-state index in [1.807, 2.05) is 6.92 Å². The van der Waals surface area contributed by atoms with Gasteiger partial charge in [-0.25, -0.2) is 4.39 Å². The monoisotopic (exact) mass is 306 g/mol. The fraction of sp³-hybridized carbons (Fsp3) is 0.417. The normalized spacial score (nSPS) is 12.5. The molecule has 0 N–H and O–H groups in total. The molecule has 0 saturated heterocycles. The number of benzene rings is 1. The number of carbonyl (C=O) groups excluding carboxylic acids is 1. The first-order chi connectivity index (χ1) is 7.54. The van der Waals surface area contributed by atoms with Crippen molar-refractivity contribution in [3.8, 4) is 0 Å². The highest BCUT2D eigenvalue weighted by Gasteiger charge is 2.15. The number of alkyl halides is 1. The molecule has 0 radical (unpaired) electrons. The molecule has 0 aliphatic rings. The van der Waals surface area contributed by atoms with Crippen molar-refractivity contribution < 1.29 is 9.18 Å². The van der Waals surface area contributed by atoms with E-state index in [-0.39, 0.29) is 16.4 Å². The van der Waals surface area contributed by atoms with E-state index in [4.69, 9.17) is 11.6 Å². The quantitative estimate of drug-likeness (QED) is 0.747. The maximum Gasteiger partial charge on any atom is 0.146 e. The van der Waals surface area contributed by atoms with Crippen LogP contribution in [-0.4, -0.2) is 10.6 Å². The molecule has 1 aromatic rings. The van der Waals surface area contributed by atoms with Crippen LogP contribution in [0.25, 0.3) is 0 Å². The van der Waals surface area contributed by atoms with Crippen molar-refractivity contribution in [2.24, 2.45) is 0 Å². The average Bonchev–Trinajstić information content (AvgIpc) is 2.22. The molecule has 88 valence electrons. The van der Waals surface area contributed by atoms with Gasteiger partial charge in [-0.1, -0.05) is 40.5 Å². The predicted molar refractivity (Wildman–Crippen MR) is 67.7 cm³/mol. The minimum Gasteiger partial charge on any atom is -0.298 e. The van der Waals surface area contributed by atoms with Crippen molar-refractivity contribution in [3.05, 3.63) is 34.6 Å². The van der Waals surface area contributed by atoms with Crippen molar-refractivity contribution in [2.45, 2.75) is 31.0 Å². The molecule has 0 aliphatic carbocycles. The number of ketones is 1. The maximum absolute atomic E-state index is 12.8. The van der Waals surface area contributed by atoms with E-state index in [9.17, 15) is 9.18 Å². The first kappa shape index (κ1) is 13.7. The van der Waals surface area contributed by atoms with Gasteiger partial charge in [0.2, 0.25) is 0 Å². The lowest BCUT2D eigenvalue weighted by molar-refractivity contribution is -0.118. The van der Waals surface area contributed by atoms with Crippen molar-refractivity contribution in [2.75, 3.05) is 0 Å².